The SMILES string of the molecule is CCOc1ccccc1N(CC(=O)Nc1ccc(S(=O)(=O)Nc2ccc(Cl)c(C(F)(F)F)c2)cc1)S(=O)(=O)c1ccccc1. The number of benzene rings is 4. The Balaban J connectivity index is 1.55. The molecule has 0 bridgehead atoms. The molecule has 232 valence electrons. The molecule has 0 unspecified atom stereocenters. The van der Waals surface area contributed by atoms with Crippen molar-refractivity contribution in [3.63, 3.8) is 0 Å². The highest BCUT2D eigenvalue weighted by Crippen LogP contribution is 2.37. The second-order valence-corrected chi connectivity index (χ2v) is 13.0. The molecule has 0 atom stereocenters. The lowest BCUT2D eigenvalue weighted by Gasteiger charge is -2.26. The van der Waals surface area contributed by atoms with Gasteiger partial charge < -0.3 is 10.1 Å². The van der Waals surface area contributed by atoms with Gasteiger partial charge in [0.1, 0.15) is 12.3 Å². The van der Waals surface area contributed by atoms with E-state index in [0.29, 0.717) is 6.07 Å². The number of hydrogen-bond donors (Lipinski definition) is 2. The van der Waals surface area contributed by atoms with E-state index in [1.165, 1.54) is 30.3 Å². The van der Waals surface area contributed by atoms with Crippen molar-refractivity contribution < 1.29 is 39.5 Å². The maximum absolute atomic E-state index is 13.6. The Morgan fingerprint density at radius 1 is 0.841 bits per heavy atom. The summed E-state index contributed by atoms with van der Waals surface area (Å²) in [6.07, 6.45) is -4.79. The van der Waals surface area contributed by atoms with Gasteiger partial charge in [-0.3, -0.25) is 13.8 Å². The second kappa shape index (κ2) is 13.2. The van der Waals surface area contributed by atoms with Gasteiger partial charge in [0.15, 0.2) is 0 Å². The number of anilines is 3. The molecule has 0 spiro atoms. The minimum absolute atomic E-state index is 0.0517. The van der Waals surface area contributed by atoms with Crippen LogP contribution in [0.5, 0.6) is 5.75 Å². The van der Waals surface area contributed by atoms with Gasteiger partial charge in [0.05, 0.1) is 32.7 Å². The zero-order valence-corrected chi connectivity index (χ0v) is 25.3. The third-order valence-electron chi connectivity index (χ3n) is 6.02. The van der Waals surface area contributed by atoms with Gasteiger partial charge in [-0.2, -0.15) is 13.2 Å². The molecule has 4 aromatic carbocycles. The van der Waals surface area contributed by atoms with E-state index in [-0.39, 0.29) is 39.2 Å². The van der Waals surface area contributed by atoms with Crippen molar-refractivity contribution in [3.05, 3.63) is 108 Å². The quantitative estimate of drug-likeness (QED) is 0.191. The van der Waals surface area contributed by atoms with Gasteiger partial charge in [0, 0.05) is 11.4 Å². The Morgan fingerprint density at radius 3 is 2.09 bits per heavy atom. The smallest absolute Gasteiger partial charge is 0.417 e. The lowest BCUT2D eigenvalue weighted by molar-refractivity contribution is -0.137. The molecule has 0 aliphatic heterocycles. The van der Waals surface area contributed by atoms with E-state index in [1.54, 1.807) is 43.3 Å². The molecule has 4 rings (SSSR count). The molecule has 0 aliphatic carbocycles. The number of ether oxygens (including phenoxy) is 1. The van der Waals surface area contributed by atoms with Gasteiger partial charge in [-0.25, -0.2) is 16.8 Å². The summed E-state index contributed by atoms with van der Waals surface area (Å²) in [5.74, 6) is -0.502. The van der Waals surface area contributed by atoms with Crippen LogP contribution in [0.2, 0.25) is 5.02 Å². The van der Waals surface area contributed by atoms with Crippen molar-refractivity contribution in [2.45, 2.75) is 22.9 Å². The van der Waals surface area contributed by atoms with E-state index < -0.39 is 49.3 Å². The summed E-state index contributed by atoms with van der Waals surface area (Å²) in [5, 5.41) is 1.95. The van der Waals surface area contributed by atoms with Gasteiger partial charge >= 0.3 is 6.18 Å². The van der Waals surface area contributed by atoms with Crippen LogP contribution < -0.4 is 19.1 Å². The van der Waals surface area contributed by atoms with Crippen molar-refractivity contribution in [2.24, 2.45) is 0 Å². The molecule has 0 heterocycles. The fourth-order valence-corrected chi connectivity index (χ4v) is 6.76. The van der Waals surface area contributed by atoms with Crippen LogP contribution >= 0.6 is 11.6 Å². The van der Waals surface area contributed by atoms with Crippen LogP contribution in [0.1, 0.15) is 12.5 Å². The molecule has 0 fully saturated rings. The first-order chi connectivity index (χ1) is 20.7. The number of nitrogens with zero attached hydrogens (tertiary/aromatic N) is 1. The predicted octanol–water partition coefficient (Wildman–Crippen LogP) is 6.39. The number of hydrogen-bond acceptors (Lipinski definition) is 6. The summed E-state index contributed by atoms with van der Waals surface area (Å²) in [6.45, 7) is 1.32. The molecular formula is C29H25ClF3N3O6S2. The highest BCUT2D eigenvalue weighted by Gasteiger charge is 2.34. The summed E-state index contributed by atoms with van der Waals surface area (Å²) in [7, 11) is -8.55. The summed E-state index contributed by atoms with van der Waals surface area (Å²) < 4.78 is 101. The van der Waals surface area contributed by atoms with Gasteiger partial charge in [-0.05, 0) is 73.7 Å². The van der Waals surface area contributed by atoms with Crippen LogP contribution in [0.15, 0.2) is 107 Å². The van der Waals surface area contributed by atoms with Crippen LogP contribution in [0.3, 0.4) is 0 Å². The van der Waals surface area contributed by atoms with Crippen molar-refractivity contribution in [3.8, 4) is 5.75 Å². The standard InChI is InChI=1S/C29H25ClF3N3O6S2/c1-2-42-27-11-7-6-10-26(27)36(44(40,41)23-8-4-3-5-9-23)19-28(37)34-20-12-15-22(16-13-20)43(38,39)35-21-14-17-25(30)24(18-21)29(31,32)33/h3-18,35H,2,19H2,1H3,(H,34,37). The maximum Gasteiger partial charge on any atom is 0.417 e. The van der Waals surface area contributed by atoms with Crippen molar-refractivity contribution in [1.82, 2.24) is 0 Å². The Kier molecular flexibility index (Phi) is 9.76. The van der Waals surface area contributed by atoms with Crippen LogP contribution in [-0.4, -0.2) is 35.9 Å². The largest absolute Gasteiger partial charge is 0.492 e. The average Bonchev–Trinajstić information content (AvgIpc) is 2.97. The minimum atomic E-state index is -4.79. The summed E-state index contributed by atoms with van der Waals surface area (Å²) in [6, 6.07) is 21.2. The highest BCUT2D eigenvalue weighted by molar-refractivity contribution is 7.93. The number of rotatable bonds is 11. The normalized spacial score (nSPS) is 11.9. The monoisotopic (exact) mass is 667 g/mol. The number of nitrogens with one attached hydrogen (secondary N) is 2. The first-order valence-corrected chi connectivity index (χ1v) is 16.1. The fourth-order valence-electron chi connectivity index (χ4n) is 4.03. The maximum atomic E-state index is 13.6. The predicted molar refractivity (Wildman–Crippen MR) is 161 cm³/mol. The zero-order chi connectivity index (χ0) is 32.1. The molecule has 2 N–H and O–H groups in total. The van der Waals surface area contributed by atoms with Crippen LogP contribution in [-0.2, 0) is 31.0 Å². The molecule has 44 heavy (non-hydrogen) atoms. The first-order valence-electron chi connectivity index (χ1n) is 12.8. The number of para-hydroxylation sites is 2. The molecule has 1 amide bonds. The van der Waals surface area contributed by atoms with E-state index in [9.17, 15) is 34.8 Å². The molecular weight excluding hydrogens is 643 g/mol. The van der Waals surface area contributed by atoms with Crippen molar-refractivity contribution in [2.75, 3.05) is 27.5 Å². The number of halogens is 4. The summed E-state index contributed by atoms with van der Waals surface area (Å²) >= 11 is 5.60. The molecule has 0 aromatic heterocycles. The van der Waals surface area contributed by atoms with Gasteiger partial charge in [0.2, 0.25) is 5.91 Å². The minimum Gasteiger partial charge on any atom is -0.492 e. The fraction of sp³-hybridized carbons (Fsp3) is 0.138. The van der Waals surface area contributed by atoms with Gasteiger partial charge in [-0.15, -0.1) is 0 Å². The van der Waals surface area contributed by atoms with Crippen LogP contribution in [0, 0.1) is 0 Å². The van der Waals surface area contributed by atoms with Crippen LogP contribution in [0.25, 0.3) is 0 Å². The third kappa shape index (κ3) is 7.62. The van der Waals surface area contributed by atoms with Crippen molar-refractivity contribution in [1.29, 1.82) is 0 Å². The van der Waals surface area contributed by atoms with Gasteiger partial charge in [0.25, 0.3) is 20.0 Å². The third-order valence-corrected chi connectivity index (χ3v) is 9.53. The lowest BCUT2D eigenvalue weighted by Crippen LogP contribution is -2.38. The molecule has 0 radical (unpaired) electrons. The molecule has 4 aromatic rings. The average molecular weight is 668 g/mol. The van der Waals surface area contributed by atoms with E-state index in [0.717, 1.165) is 28.6 Å². The van der Waals surface area contributed by atoms with E-state index >= 15 is 0 Å². The van der Waals surface area contributed by atoms with Crippen molar-refractivity contribution >= 4 is 54.6 Å². The number of alkyl halides is 3. The topological polar surface area (TPSA) is 122 Å². The summed E-state index contributed by atoms with van der Waals surface area (Å²) in [4.78, 5) is 12.8. The van der Waals surface area contributed by atoms with E-state index in [1.807, 2.05) is 0 Å². The summed E-state index contributed by atoms with van der Waals surface area (Å²) in [5.41, 5.74) is -1.29. The molecule has 15 heteroatoms. The zero-order valence-electron chi connectivity index (χ0n) is 22.9. The molecule has 0 saturated heterocycles. The molecule has 0 aliphatic rings. The second-order valence-electron chi connectivity index (χ2n) is 9.10. The Bertz CT molecular complexity index is 1860. The molecule has 0 saturated carbocycles. The Labute approximate surface area is 257 Å². The van der Waals surface area contributed by atoms with Crippen LogP contribution in [0.4, 0.5) is 30.2 Å². The number of carbonyl (C=O) groups is 1. The van der Waals surface area contributed by atoms with E-state index in [4.69, 9.17) is 16.3 Å². The Morgan fingerprint density at radius 2 is 1.45 bits per heavy atom. The number of amides is 1. The Hall–Kier alpha value is -4.27. The number of sulfonamides is 2. The number of carbonyl (C=O) groups excluding carboxylic acids is 1. The lowest BCUT2D eigenvalue weighted by atomic mass is 10.2. The first kappa shape index (κ1) is 32.6. The highest BCUT2D eigenvalue weighted by atomic mass is 35.5. The molecule has 9 nitrogen and oxygen atoms in total. The van der Waals surface area contributed by atoms with Gasteiger partial charge in [-0.1, -0.05) is 41.9 Å². The van der Waals surface area contributed by atoms with E-state index in [2.05, 4.69) is 10.0 Å².